The van der Waals surface area contributed by atoms with Gasteiger partial charge in [-0.05, 0) is 77.8 Å². The van der Waals surface area contributed by atoms with Crippen molar-refractivity contribution < 1.29 is 0 Å². The molecule has 2 fully saturated rings. The van der Waals surface area contributed by atoms with Crippen LogP contribution in [-0.2, 0) is 0 Å². The van der Waals surface area contributed by atoms with Crippen LogP contribution in [0.2, 0.25) is 0 Å². The average Bonchev–Trinajstić information content (AvgIpc) is 3.31. The van der Waals surface area contributed by atoms with Crippen LogP contribution in [0.5, 0.6) is 0 Å². The Morgan fingerprint density at radius 2 is 1.86 bits per heavy atom. The second-order valence-corrected chi connectivity index (χ2v) is 7.53. The summed E-state index contributed by atoms with van der Waals surface area (Å²) in [6.45, 7) is 5.52. The molecule has 3 nitrogen and oxygen atoms in total. The Kier molecular flexibility index (Phi) is 6.08. The summed E-state index contributed by atoms with van der Waals surface area (Å²) in [5.41, 5.74) is -0.318. The van der Waals surface area contributed by atoms with Gasteiger partial charge in [0.05, 0.1) is 6.07 Å². The lowest BCUT2D eigenvalue weighted by Gasteiger charge is -2.35. The zero-order chi connectivity index (χ0) is 15.3. The smallest absolute Gasteiger partial charge is 0.104 e. The molecule has 2 rings (SSSR count). The van der Waals surface area contributed by atoms with Crippen molar-refractivity contribution in [3.05, 3.63) is 0 Å². The van der Waals surface area contributed by atoms with Crippen LogP contribution in [-0.4, -0.2) is 36.1 Å². The highest BCUT2D eigenvalue weighted by Crippen LogP contribution is 2.29. The fraction of sp³-hybridized carbons (Fsp3) is 0.944. The summed E-state index contributed by atoms with van der Waals surface area (Å²) >= 11 is 0. The predicted octanol–water partition coefficient (Wildman–Crippen LogP) is 3.70. The van der Waals surface area contributed by atoms with Gasteiger partial charge in [0.25, 0.3) is 0 Å². The van der Waals surface area contributed by atoms with E-state index in [9.17, 15) is 5.26 Å². The maximum absolute atomic E-state index is 9.41. The van der Waals surface area contributed by atoms with Crippen molar-refractivity contribution in [1.82, 2.24) is 10.2 Å². The van der Waals surface area contributed by atoms with Gasteiger partial charge in [0.15, 0.2) is 0 Å². The summed E-state index contributed by atoms with van der Waals surface area (Å²) < 4.78 is 0. The first kappa shape index (κ1) is 16.8. The molecule has 0 aliphatic heterocycles. The summed E-state index contributed by atoms with van der Waals surface area (Å²) in [5, 5.41) is 12.9. The highest BCUT2D eigenvalue weighted by molar-refractivity contribution is 5.07. The molecular formula is C18H33N3. The number of nitrogens with one attached hydrogen (secondary N) is 1. The van der Waals surface area contributed by atoms with E-state index in [0.717, 1.165) is 31.3 Å². The third-order valence-electron chi connectivity index (χ3n) is 5.55. The van der Waals surface area contributed by atoms with Gasteiger partial charge in [-0.3, -0.25) is 5.32 Å². The molecule has 0 aromatic carbocycles. The van der Waals surface area contributed by atoms with E-state index in [-0.39, 0.29) is 5.54 Å². The number of rotatable bonds is 8. The Bertz CT molecular complexity index is 350. The van der Waals surface area contributed by atoms with Crippen molar-refractivity contribution in [2.45, 2.75) is 89.3 Å². The first-order valence-electron chi connectivity index (χ1n) is 8.95. The van der Waals surface area contributed by atoms with Crippen LogP contribution >= 0.6 is 0 Å². The molecule has 0 aromatic rings. The predicted molar refractivity (Wildman–Crippen MR) is 88.1 cm³/mol. The largest absolute Gasteiger partial charge is 0.303 e. The number of nitriles is 1. The third kappa shape index (κ3) is 5.27. The molecule has 0 heterocycles. The van der Waals surface area contributed by atoms with Crippen molar-refractivity contribution in [1.29, 1.82) is 5.26 Å². The quantitative estimate of drug-likeness (QED) is 0.741. The van der Waals surface area contributed by atoms with Crippen molar-refractivity contribution in [3.8, 4) is 6.07 Å². The van der Waals surface area contributed by atoms with Crippen molar-refractivity contribution in [2.75, 3.05) is 13.6 Å². The fourth-order valence-electron chi connectivity index (χ4n) is 3.70. The van der Waals surface area contributed by atoms with Crippen LogP contribution in [0.1, 0.15) is 71.6 Å². The van der Waals surface area contributed by atoms with Gasteiger partial charge in [-0.25, -0.2) is 0 Å². The Hall–Kier alpha value is -0.590. The molecule has 1 N–H and O–H groups in total. The van der Waals surface area contributed by atoms with Gasteiger partial charge in [-0.1, -0.05) is 13.3 Å². The maximum atomic E-state index is 9.41. The first-order valence-corrected chi connectivity index (χ1v) is 8.95. The molecule has 0 amide bonds. The summed E-state index contributed by atoms with van der Waals surface area (Å²) in [4.78, 5) is 2.54. The van der Waals surface area contributed by atoms with Gasteiger partial charge >= 0.3 is 0 Å². The second-order valence-electron chi connectivity index (χ2n) is 7.53. The summed E-state index contributed by atoms with van der Waals surface area (Å²) in [7, 11) is 2.27. The van der Waals surface area contributed by atoms with Crippen molar-refractivity contribution in [3.63, 3.8) is 0 Å². The minimum Gasteiger partial charge on any atom is -0.303 e. The minimum absolute atomic E-state index is 0.318. The molecule has 0 bridgehead atoms. The van der Waals surface area contributed by atoms with Crippen molar-refractivity contribution in [2.24, 2.45) is 5.92 Å². The Balaban J connectivity index is 1.66. The summed E-state index contributed by atoms with van der Waals surface area (Å²) in [5.74, 6) is 0.972. The van der Waals surface area contributed by atoms with E-state index >= 15 is 0 Å². The molecular weight excluding hydrogens is 258 g/mol. The van der Waals surface area contributed by atoms with E-state index < -0.39 is 0 Å². The molecule has 3 heteroatoms. The van der Waals surface area contributed by atoms with Gasteiger partial charge in [-0.15, -0.1) is 0 Å². The SMILES string of the molecule is CCC1CCC(N(C)CCCC(C)(C#N)NC2CC2)CC1. The molecule has 2 aliphatic rings. The van der Waals surface area contributed by atoms with Gasteiger partial charge in [-0.2, -0.15) is 5.26 Å². The zero-order valence-corrected chi connectivity index (χ0v) is 14.2. The molecule has 0 spiro atoms. The summed E-state index contributed by atoms with van der Waals surface area (Å²) in [6.07, 6.45) is 11.5. The monoisotopic (exact) mass is 291 g/mol. The minimum atomic E-state index is -0.318. The van der Waals surface area contributed by atoms with Crippen LogP contribution in [0.25, 0.3) is 0 Å². The molecule has 0 radical (unpaired) electrons. The van der Waals surface area contributed by atoms with E-state index in [1.165, 1.54) is 44.9 Å². The topological polar surface area (TPSA) is 39.1 Å². The van der Waals surface area contributed by atoms with E-state index in [1.54, 1.807) is 0 Å². The van der Waals surface area contributed by atoms with E-state index in [4.69, 9.17) is 0 Å². The number of hydrogen-bond acceptors (Lipinski definition) is 3. The first-order chi connectivity index (χ1) is 10.1. The highest BCUT2D eigenvalue weighted by Gasteiger charge is 2.32. The molecule has 2 saturated carbocycles. The maximum Gasteiger partial charge on any atom is 0.104 e. The fourth-order valence-corrected chi connectivity index (χ4v) is 3.70. The van der Waals surface area contributed by atoms with Crippen molar-refractivity contribution >= 4 is 0 Å². The van der Waals surface area contributed by atoms with Gasteiger partial charge in [0, 0.05) is 12.1 Å². The standard InChI is InChI=1S/C18H33N3/c1-4-15-6-10-17(11-7-15)21(3)13-5-12-18(2,14-19)20-16-8-9-16/h15-17,20H,4-13H2,1-3H3. The average molecular weight is 291 g/mol. The van der Waals surface area contributed by atoms with Crippen LogP contribution in [0.15, 0.2) is 0 Å². The molecule has 2 aliphatic carbocycles. The molecule has 1 atom stereocenters. The van der Waals surface area contributed by atoms with E-state index in [0.29, 0.717) is 6.04 Å². The Morgan fingerprint density at radius 1 is 1.19 bits per heavy atom. The van der Waals surface area contributed by atoms with Crippen LogP contribution in [0.3, 0.4) is 0 Å². The highest BCUT2D eigenvalue weighted by atomic mass is 15.1. The number of nitrogens with zero attached hydrogens (tertiary/aromatic N) is 2. The molecule has 120 valence electrons. The van der Waals surface area contributed by atoms with Crippen LogP contribution in [0, 0.1) is 17.2 Å². The van der Waals surface area contributed by atoms with Gasteiger partial charge < -0.3 is 4.90 Å². The Labute approximate surface area is 131 Å². The van der Waals surface area contributed by atoms with Gasteiger partial charge in [0.1, 0.15) is 5.54 Å². The normalized spacial score (nSPS) is 29.1. The lowest BCUT2D eigenvalue weighted by Crippen LogP contribution is -2.43. The molecule has 21 heavy (non-hydrogen) atoms. The van der Waals surface area contributed by atoms with Gasteiger partial charge in [0.2, 0.25) is 0 Å². The summed E-state index contributed by atoms with van der Waals surface area (Å²) in [6, 6.07) is 3.87. The second kappa shape index (κ2) is 7.61. The molecule has 0 saturated heterocycles. The van der Waals surface area contributed by atoms with Crippen LogP contribution in [0.4, 0.5) is 0 Å². The number of hydrogen-bond donors (Lipinski definition) is 1. The Morgan fingerprint density at radius 3 is 2.38 bits per heavy atom. The lowest BCUT2D eigenvalue weighted by atomic mass is 9.84. The molecule has 1 unspecified atom stereocenters. The third-order valence-corrected chi connectivity index (χ3v) is 5.55. The van der Waals surface area contributed by atoms with Crippen LogP contribution < -0.4 is 5.32 Å². The van der Waals surface area contributed by atoms with E-state index in [1.807, 2.05) is 0 Å². The zero-order valence-electron chi connectivity index (χ0n) is 14.2. The lowest BCUT2D eigenvalue weighted by molar-refractivity contribution is 0.159. The molecule has 0 aromatic heterocycles. The van der Waals surface area contributed by atoms with E-state index in [2.05, 4.69) is 37.2 Å².